The molecule has 1 aliphatic carbocycles. The third-order valence-electron chi connectivity index (χ3n) is 7.64. The molecule has 0 aliphatic heterocycles. The SMILES string of the molecule is Cc1cc(C)cc(N(CC(=O)N(Cc2cccc(Br)c2)C(Cc2ccccc2)C(=O)NC2CCCCC2)S(C)(=O)=O)c1. The number of nitrogens with one attached hydrogen (secondary N) is 1. The van der Waals surface area contributed by atoms with Gasteiger partial charge in [-0.1, -0.05) is 83.7 Å². The van der Waals surface area contributed by atoms with E-state index in [-0.39, 0.29) is 18.5 Å². The van der Waals surface area contributed by atoms with Gasteiger partial charge in [-0.25, -0.2) is 8.42 Å². The molecule has 0 bridgehead atoms. The van der Waals surface area contributed by atoms with E-state index in [1.165, 1.54) is 0 Å². The van der Waals surface area contributed by atoms with E-state index >= 15 is 0 Å². The summed E-state index contributed by atoms with van der Waals surface area (Å²) in [5, 5.41) is 3.23. The fourth-order valence-electron chi connectivity index (χ4n) is 5.64. The van der Waals surface area contributed by atoms with Crippen molar-refractivity contribution in [2.75, 3.05) is 17.1 Å². The van der Waals surface area contributed by atoms with Gasteiger partial charge < -0.3 is 10.2 Å². The van der Waals surface area contributed by atoms with E-state index in [1.807, 2.05) is 74.5 Å². The second-order valence-corrected chi connectivity index (χ2v) is 14.1. The molecule has 0 spiro atoms. The number of halogens is 1. The number of anilines is 1. The zero-order valence-electron chi connectivity index (χ0n) is 24.6. The highest BCUT2D eigenvalue weighted by Crippen LogP contribution is 2.24. The smallest absolute Gasteiger partial charge is 0.244 e. The van der Waals surface area contributed by atoms with E-state index in [4.69, 9.17) is 0 Å². The van der Waals surface area contributed by atoms with Crippen molar-refractivity contribution in [2.45, 2.75) is 71.0 Å². The molecule has 1 fully saturated rings. The van der Waals surface area contributed by atoms with Crippen LogP contribution in [0, 0.1) is 13.8 Å². The van der Waals surface area contributed by atoms with Gasteiger partial charge in [-0.15, -0.1) is 0 Å². The van der Waals surface area contributed by atoms with Gasteiger partial charge in [-0.2, -0.15) is 0 Å². The maximum atomic E-state index is 14.3. The monoisotopic (exact) mass is 653 g/mol. The van der Waals surface area contributed by atoms with Gasteiger partial charge in [-0.05, 0) is 73.2 Å². The summed E-state index contributed by atoms with van der Waals surface area (Å²) in [5.41, 5.74) is 3.97. The molecule has 3 aromatic carbocycles. The molecule has 1 N–H and O–H groups in total. The Morgan fingerprint density at radius 1 is 0.905 bits per heavy atom. The first-order chi connectivity index (χ1) is 20.0. The molecule has 0 radical (unpaired) electrons. The summed E-state index contributed by atoms with van der Waals surface area (Å²) in [6, 6.07) is 21.9. The van der Waals surface area contributed by atoms with Gasteiger partial charge >= 0.3 is 0 Å². The number of hydrogen-bond donors (Lipinski definition) is 1. The van der Waals surface area contributed by atoms with Crippen LogP contribution in [0.15, 0.2) is 77.3 Å². The van der Waals surface area contributed by atoms with E-state index in [9.17, 15) is 18.0 Å². The van der Waals surface area contributed by atoms with Gasteiger partial charge in [-0.3, -0.25) is 13.9 Å². The Morgan fingerprint density at radius 2 is 1.55 bits per heavy atom. The number of aryl methyl sites for hydroxylation is 2. The van der Waals surface area contributed by atoms with E-state index in [2.05, 4.69) is 21.2 Å². The molecule has 1 saturated carbocycles. The highest BCUT2D eigenvalue weighted by molar-refractivity contribution is 9.10. The van der Waals surface area contributed by atoms with Crippen LogP contribution in [0.2, 0.25) is 0 Å². The lowest BCUT2D eigenvalue weighted by atomic mass is 9.94. The van der Waals surface area contributed by atoms with Crippen molar-refractivity contribution >= 4 is 43.5 Å². The van der Waals surface area contributed by atoms with Crippen LogP contribution in [-0.2, 0) is 32.6 Å². The van der Waals surface area contributed by atoms with E-state index in [1.54, 1.807) is 17.0 Å². The minimum Gasteiger partial charge on any atom is -0.352 e. The number of carbonyl (C=O) groups excluding carboxylic acids is 2. The maximum Gasteiger partial charge on any atom is 0.244 e. The van der Waals surface area contributed by atoms with Crippen LogP contribution in [0.1, 0.15) is 54.4 Å². The number of amides is 2. The summed E-state index contributed by atoms with van der Waals surface area (Å²) < 4.78 is 28.1. The minimum absolute atomic E-state index is 0.0649. The number of nitrogens with zero attached hydrogens (tertiary/aromatic N) is 2. The van der Waals surface area contributed by atoms with Crippen LogP contribution < -0.4 is 9.62 Å². The van der Waals surface area contributed by atoms with Crippen LogP contribution in [0.3, 0.4) is 0 Å². The average molecular weight is 655 g/mol. The molecule has 0 aromatic heterocycles. The Balaban J connectivity index is 1.73. The average Bonchev–Trinajstić information content (AvgIpc) is 2.93. The predicted octanol–water partition coefficient (Wildman–Crippen LogP) is 5.92. The predicted molar refractivity (Wildman–Crippen MR) is 172 cm³/mol. The summed E-state index contributed by atoms with van der Waals surface area (Å²) in [6.45, 7) is 3.52. The van der Waals surface area contributed by atoms with Gasteiger partial charge in [0, 0.05) is 23.5 Å². The molecule has 9 heteroatoms. The van der Waals surface area contributed by atoms with Crippen LogP contribution in [0.25, 0.3) is 0 Å². The van der Waals surface area contributed by atoms with Crippen molar-refractivity contribution < 1.29 is 18.0 Å². The second kappa shape index (κ2) is 14.3. The second-order valence-electron chi connectivity index (χ2n) is 11.3. The van der Waals surface area contributed by atoms with Gasteiger partial charge in [0.25, 0.3) is 0 Å². The Labute approximate surface area is 258 Å². The molecular weight excluding hydrogens is 614 g/mol. The fourth-order valence-corrected chi connectivity index (χ4v) is 6.92. The first-order valence-corrected chi connectivity index (χ1v) is 17.1. The number of rotatable bonds is 11. The third-order valence-corrected chi connectivity index (χ3v) is 9.27. The Bertz CT molecular complexity index is 1470. The summed E-state index contributed by atoms with van der Waals surface area (Å²) in [6.07, 6.45) is 6.53. The molecule has 1 aliphatic rings. The van der Waals surface area contributed by atoms with Crippen LogP contribution in [0.5, 0.6) is 0 Å². The lowest BCUT2D eigenvalue weighted by molar-refractivity contribution is -0.140. The summed E-state index contributed by atoms with van der Waals surface area (Å²) in [7, 11) is -3.81. The Morgan fingerprint density at radius 3 is 2.17 bits per heavy atom. The Kier molecular flexibility index (Phi) is 10.8. The zero-order chi connectivity index (χ0) is 30.3. The van der Waals surface area contributed by atoms with Crippen molar-refractivity contribution in [2.24, 2.45) is 0 Å². The standard InChI is InChI=1S/C33H40BrN3O4S/c1-24-17-25(2)19-30(18-24)37(42(3,40)41)23-32(38)36(22-27-13-10-14-28(34)20-27)31(21-26-11-6-4-7-12-26)33(39)35-29-15-8-5-9-16-29/h4,6-7,10-14,17-20,29,31H,5,8-9,15-16,21-23H2,1-3H3,(H,35,39). The number of carbonyl (C=O) groups is 2. The van der Waals surface area contributed by atoms with Crippen molar-refractivity contribution in [3.05, 3.63) is 99.5 Å². The van der Waals surface area contributed by atoms with Crippen molar-refractivity contribution in [1.82, 2.24) is 10.2 Å². The Hall–Kier alpha value is -3.17. The molecule has 4 rings (SSSR count). The molecule has 7 nitrogen and oxygen atoms in total. The van der Waals surface area contributed by atoms with E-state index < -0.39 is 28.5 Å². The molecule has 224 valence electrons. The normalized spacial score (nSPS) is 14.7. The summed E-state index contributed by atoms with van der Waals surface area (Å²) >= 11 is 3.51. The fraction of sp³-hybridized carbons (Fsp3) is 0.394. The number of sulfonamides is 1. The maximum absolute atomic E-state index is 14.3. The molecular formula is C33H40BrN3O4S. The summed E-state index contributed by atoms with van der Waals surface area (Å²) in [5.74, 6) is -0.661. The first kappa shape index (κ1) is 31.8. The summed E-state index contributed by atoms with van der Waals surface area (Å²) in [4.78, 5) is 29.9. The molecule has 3 aromatic rings. The van der Waals surface area contributed by atoms with Crippen LogP contribution in [-0.4, -0.2) is 50.0 Å². The van der Waals surface area contributed by atoms with Crippen molar-refractivity contribution in [3.8, 4) is 0 Å². The minimum atomic E-state index is -3.81. The number of hydrogen-bond acceptors (Lipinski definition) is 4. The highest BCUT2D eigenvalue weighted by Gasteiger charge is 2.34. The van der Waals surface area contributed by atoms with E-state index in [0.717, 1.165) is 69.4 Å². The van der Waals surface area contributed by atoms with Gasteiger partial charge in [0.2, 0.25) is 21.8 Å². The molecule has 1 unspecified atom stereocenters. The highest BCUT2D eigenvalue weighted by atomic mass is 79.9. The third kappa shape index (κ3) is 8.91. The zero-order valence-corrected chi connectivity index (χ0v) is 27.0. The largest absolute Gasteiger partial charge is 0.352 e. The van der Waals surface area contributed by atoms with Crippen LogP contribution >= 0.6 is 15.9 Å². The van der Waals surface area contributed by atoms with Crippen molar-refractivity contribution in [1.29, 1.82) is 0 Å². The quantitative estimate of drug-likeness (QED) is 0.278. The molecule has 0 heterocycles. The molecule has 2 amide bonds. The molecule has 0 saturated heterocycles. The first-order valence-electron chi connectivity index (χ1n) is 14.4. The van der Waals surface area contributed by atoms with E-state index in [0.29, 0.717) is 12.1 Å². The van der Waals surface area contributed by atoms with Gasteiger partial charge in [0.1, 0.15) is 12.6 Å². The van der Waals surface area contributed by atoms with Crippen LogP contribution in [0.4, 0.5) is 5.69 Å². The molecule has 42 heavy (non-hydrogen) atoms. The van der Waals surface area contributed by atoms with Gasteiger partial charge in [0.15, 0.2) is 0 Å². The lowest BCUT2D eigenvalue weighted by Gasteiger charge is -2.35. The topological polar surface area (TPSA) is 86.8 Å². The van der Waals surface area contributed by atoms with Crippen molar-refractivity contribution in [3.63, 3.8) is 0 Å². The number of benzene rings is 3. The van der Waals surface area contributed by atoms with Gasteiger partial charge in [0.05, 0.1) is 11.9 Å². The molecule has 1 atom stereocenters. The lowest BCUT2D eigenvalue weighted by Crippen LogP contribution is -2.55.